The molecule has 2 heterocycles. The van der Waals surface area contributed by atoms with Crippen LogP contribution in [0.2, 0.25) is 0 Å². The number of nitrogens with two attached hydrogens (primary N) is 1. The Morgan fingerprint density at radius 2 is 1.96 bits per heavy atom. The first-order valence-corrected chi connectivity index (χ1v) is 8.50. The summed E-state index contributed by atoms with van der Waals surface area (Å²) in [5.41, 5.74) is 8.63. The highest BCUT2D eigenvalue weighted by molar-refractivity contribution is 6.05. The maximum absolute atomic E-state index is 13.0. The van der Waals surface area contributed by atoms with Gasteiger partial charge in [-0.1, -0.05) is 32.9 Å². The highest BCUT2D eigenvalue weighted by Gasteiger charge is 2.22. The molecular weight excluding hydrogens is 340 g/mol. The van der Waals surface area contributed by atoms with Gasteiger partial charge in [-0.2, -0.15) is 0 Å². The Morgan fingerprint density at radius 3 is 2.52 bits per heavy atom. The average molecular weight is 369 g/mol. The first-order chi connectivity index (χ1) is 11.2. The first kappa shape index (κ1) is 21.4. The molecule has 2 aromatic heterocycles. The topological polar surface area (TPSA) is 85.2 Å². The minimum atomic E-state index is -0.0495. The van der Waals surface area contributed by atoms with Gasteiger partial charge < -0.3 is 15.2 Å². The highest BCUT2D eigenvalue weighted by Crippen LogP contribution is 2.26. The quantitative estimate of drug-likeness (QED) is 0.843. The van der Waals surface area contributed by atoms with Gasteiger partial charge in [0.15, 0.2) is 0 Å². The van der Waals surface area contributed by atoms with E-state index in [2.05, 4.69) is 24.0 Å². The average Bonchev–Trinajstić information content (AvgIpc) is 2.91. The van der Waals surface area contributed by atoms with Gasteiger partial charge in [0.25, 0.3) is 11.6 Å². The molecule has 0 aliphatic heterocycles. The van der Waals surface area contributed by atoms with E-state index < -0.39 is 0 Å². The van der Waals surface area contributed by atoms with Gasteiger partial charge in [-0.25, -0.2) is 4.98 Å². The smallest absolute Gasteiger partial charge is 0.259 e. The molecule has 2 aromatic rings. The molecule has 6 nitrogen and oxygen atoms in total. The second-order valence-electron chi connectivity index (χ2n) is 7.12. The van der Waals surface area contributed by atoms with Crippen molar-refractivity contribution in [1.29, 1.82) is 0 Å². The van der Waals surface area contributed by atoms with E-state index >= 15 is 0 Å². The Kier molecular flexibility index (Phi) is 7.38. The van der Waals surface area contributed by atoms with Crippen LogP contribution in [-0.4, -0.2) is 40.6 Å². The molecular formula is C18H29ClN4O2. The zero-order valence-electron chi connectivity index (χ0n) is 15.9. The van der Waals surface area contributed by atoms with Gasteiger partial charge in [0.2, 0.25) is 0 Å². The molecule has 0 radical (unpaired) electrons. The van der Waals surface area contributed by atoms with Crippen molar-refractivity contribution in [2.45, 2.75) is 53.0 Å². The summed E-state index contributed by atoms with van der Waals surface area (Å²) in [6.07, 6.45) is 0.772. The van der Waals surface area contributed by atoms with E-state index in [1.54, 1.807) is 11.9 Å². The molecule has 0 fully saturated rings. The van der Waals surface area contributed by atoms with E-state index in [9.17, 15) is 4.79 Å². The fourth-order valence-corrected chi connectivity index (χ4v) is 2.56. The molecule has 1 unspecified atom stereocenters. The fraction of sp³-hybridized carbons (Fsp3) is 0.611. The number of rotatable bonds is 6. The molecule has 0 bridgehead atoms. The summed E-state index contributed by atoms with van der Waals surface area (Å²) in [4.78, 5) is 19.1. The first-order valence-electron chi connectivity index (χ1n) is 8.50. The number of pyridine rings is 1. The van der Waals surface area contributed by atoms with Crippen molar-refractivity contribution in [1.82, 2.24) is 15.0 Å². The van der Waals surface area contributed by atoms with E-state index in [1.807, 2.05) is 26.8 Å². The Balaban J connectivity index is 0.00000312. The van der Waals surface area contributed by atoms with Crippen LogP contribution >= 0.6 is 12.4 Å². The molecule has 2 rings (SSSR count). The molecule has 0 saturated carbocycles. The van der Waals surface area contributed by atoms with Crippen molar-refractivity contribution in [3.8, 4) is 0 Å². The lowest BCUT2D eigenvalue weighted by Gasteiger charge is -2.22. The maximum atomic E-state index is 13.0. The van der Waals surface area contributed by atoms with Gasteiger partial charge in [-0.3, -0.25) is 4.79 Å². The molecule has 2 N–H and O–H groups in total. The molecule has 0 spiro atoms. The van der Waals surface area contributed by atoms with Crippen LogP contribution < -0.4 is 5.73 Å². The van der Waals surface area contributed by atoms with Crippen LogP contribution in [0.4, 0.5) is 0 Å². The van der Waals surface area contributed by atoms with Crippen molar-refractivity contribution in [2.24, 2.45) is 11.7 Å². The normalized spacial score (nSPS) is 12.5. The summed E-state index contributed by atoms with van der Waals surface area (Å²) in [6, 6.07) is 1.94. The van der Waals surface area contributed by atoms with Crippen molar-refractivity contribution in [3.05, 3.63) is 23.0 Å². The highest BCUT2D eigenvalue weighted by atomic mass is 35.5. The predicted octanol–water partition coefficient (Wildman–Crippen LogP) is 3.52. The van der Waals surface area contributed by atoms with Gasteiger partial charge in [-0.15, -0.1) is 12.4 Å². The summed E-state index contributed by atoms with van der Waals surface area (Å²) < 4.78 is 5.29. The second-order valence-corrected chi connectivity index (χ2v) is 7.12. The minimum Gasteiger partial charge on any atom is -0.342 e. The number of carbonyl (C=O) groups excluding carboxylic acids is 1. The Morgan fingerprint density at radius 1 is 1.32 bits per heavy atom. The molecule has 140 valence electrons. The standard InChI is InChI=1S/C18H28N4O2.ClH/c1-10(2)14(19)7-8-22(6)18(23)13-9-15(11(3)4)20-17-16(13)12(5)21-24-17;/h9-11,14H,7-8,19H2,1-6H3;1H. The summed E-state index contributed by atoms with van der Waals surface area (Å²) in [7, 11) is 1.81. The lowest BCUT2D eigenvalue weighted by atomic mass is 10.0. The number of aromatic nitrogens is 2. The third-order valence-corrected chi connectivity index (χ3v) is 4.46. The van der Waals surface area contributed by atoms with Gasteiger partial charge in [-0.05, 0) is 31.2 Å². The van der Waals surface area contributed by atoms with Crippen LogP contribution in [0, 0.1) is 12.8 Å². The molecule has 25 heavy (non-hydrogen) atoms. The monoisotopic (exact) mass is 368 g/mol. The van der Waals surface area contributed by atoms with Gasteiger partial charge >= 0.3 is 0 Å². The van der Waals surface area contributed by atoms with E-state index in [0.717, 1.165) is 12.1 Å². The number of hydrogen-bond donors (Lipinski definition) is 1. The van der Waals surface area contributed by atoms with Crippen molar-refractivity contribution in [2.75, 3.05) is 13.6 Å². The number of nitrogens with zero attached hydrogens (tertiary/aromatic N) is 3. The summed E-state index contributed by atoms with van der Waals surface area (Å²) in [5.74, 6) is 0.548. The van der Waals surface area contributed by atoms with Gasteiger partial charge in [0, 0.05) is 25.3 Å². The number of halogens is 1. The van der Waals surface area contributed by atoms with Crippen LogP contribution in [-0.2, 0) is 0 Å². The lowest BCUT2D eigenvalue weighted by molar-refractivity contribution is 0.0791. The van der Waals surface area contributed by atoms with E-state index in [1.165, 1.54) is 0 Å². The Bertz CT molecular complexity index is 727. The van der Waals surface area contributed by atoms with E-state index in [0.29, 0.717) is 34.8 Å². The third kappa shape index (κ3) is 4.70. The van der Waals surface area contributed by atoms with Crippen molar-refractivity contribution >= 4 is 29.4 Å². The third-order valence-electron chi connectivity index (χ3n) is 4.46. The molecule has 0 saturated heterocycles. The van der Waals surface area contributed by atoms with Crippen molar-refractivity contribution in [3.63, 3.8) is 0 Å². The van der Waals surface area contributed by atoms with Crippen LogP contribution in [0.1, 0.15) is 61.8 Å². The van der Waals surface area contributed by atoms with Crippen LogP contribution in [0.15, 0.2) is 10.6 Å². The molecule has 0 aromatic carbocycles. The maximum Gasteiger partial charge on any atom is 0.259 e. The van der Waals surface area contributed by atoms with Crippen LogP contribution in [0.5, 0.6) is 0 Å². The number of fused-ring (bicyclic) bond motifs is 1. The molecule has 1 atom stereocenters. The van der Waals surface area contributed by atoms with Crippen LogP contribution in [0.3, 0.4) is 0 Å². The Labute approximate surface area is 155 Å². The Hall–Kier alpha value is -1.66. The number of carbonyl (C=O) groups is 1. The summed E-state index contributed by atoms with van der Waals surface area (Å²) in [5, 5.41) is 4.67. The number of aryl methyl sites for hydroxylation is 1. The molecule has 7 heteroatoms. The van der Waals surface area contributed by atoms with Gasteiger partial charge in [0.1, 0.15) is 0 Å². The summed E-state index contributed by atoms with van der Waals surface area (Å²) >= 11 is 0. The van der Waals surface area contributed by atoms with E-state index in [4.69, 9.17) is 10.3 Å². The number of hydrogen-bond acceptors (Lipinski definition) is 5. The number of amides is 1. The van der Waals surface area contributed by atoms with Gasteiger partial charge in [0.05, 0.1) is 16.6 Å². The molecule has 0 aliphatic rings. The van der Waals surface area contributed by atoms with Crippen LogP contribution in [0.25, 0.3) is 11.1 Å². The molecule has 1 amide bonds. The zero-order valence-corrected chi connectivity index (χ0v) is 16.7. The predicted molar refractivity (Wildman–Crippen MR) is 102 cm³/mol. The minimum absolute atomic E-state index is 0. The molecule has 0 aliphatic carbocycles. The SMILES string of the molecule is Cc1noc2nc(C(C)C)cc(C(=O)N(C)CCC(N)C(C)C)c12.Cl. The largest absolute Gasteiger partial charge is 0.342 e. The van der Waals surface area contributed by atoms with Crippen molar-refractivity contribution < 1.29 is 9.32 Å². The van der Waals surface area contributed by atoms with E-state index in [-0.39, 0.29) is 30.3 Å². The lowest BCUT2D eigenvalue weighted by Crippen LogP contribution is -2.34. The fourth-order valence-electron chi connectivity index (χ4n) is 2.56. The zero-order chi connectivity index (χ0) is 18.0. The summed E-state index contributed by atoms with van der Waals surface area (Å²) in [6.45, 7) is 10.7. The second kappa shape index (κ2) is 8.63.